The minimum atomic E-state index is -2.93. The number of nitrogens with one attached hydrogen (secondary N) is 1. The number of carbonyl (C=O) groups is 1. The average Bonchev–Trinajstić information content (AvgIpc) is 3.03. The number of ether oxygens (including phenoxy) is 2. The van der Waals surface area contributed by atoms with Gasteiger partial charge in [0, 0.05) is 26.8 Å². The maximum atomic E-state index is 12.8. The molecule has 0 fully saturated rings. The summed E-state index contributed by atoms with van der Waals surface area (Å²) in [5, 5.41) is 12.2. The molecular formula is C21H21F2N3O4S. The van der Waals surface area contributed by atoms with Gasteiger partial charge in [0.2, 0.25) is 0 Å². The molecule has 1 aromatic carbocycles. The van der Waals surface area contributed by atoms with Crippen LogP contribution >= 0.6 is 11.3 Å². The highest BCUT2D eigenvalue weighted by atomic mass is 32.1. The van der Waals surface area contributed by atoms with E-state index >= 15 is 0 Å². The Bertz CT molecular complexity index is 1130. The van der Waals surface area contributed by atoms with Gasteiger partial charge in [-0.05, 0) is 30.2 Å². The van der Waals surface area contributed by atoms with Crippen molar-refractivity contribution in [1.82, 2.24) is 9.88 Å². The van der Waals surface area contributed by atoms with Crippen LogP contribution in [0.4, 0.5) is 8.78 Å². The summed E-state index contributed by atoms with van der Waals surface area (Å²) in [6, 6.07) is 7.63. The van der Waals surface area contributed by atoms with Gasteiger partial charge in [-0.3, -0.25) is 14.2 Å². The number of carbonyl (C=O) groups excluding carboxylic acids is 1. The van der Waals surface area contributed by atoms with Crippen LogP contribution in [0.2, 0.25) is 0 Å². The number of hydrogen-bond acceptors (Lipinski definition) is 6. The molecule has 0 spiro atoms. The summed E-state index contributed by atoms with van der Waals surface area (Å²) in [6.45, 7) is 1.58. The molecule has 1 aromatic heterocycles. The predicted molar refractivity (Wildman–Crippen MR) is 113 cm³/mol. The second-order valence-electron chi connectivity index (χ2n) is 6.16. The number of methoxy groups -OCH3 is 1. The number of nitrogens with zero attached hydrogens (tertiary/aromatic N) is 2. The van der Waals surface area contributed by atoms with Crippen LogP contribution in [0, 0.1) is 11.3 Å². The summed E-state index contributed by atoms with van der Waals surface area (Å²) in [7, 11) is 1.55. The lowest BCUT2D eigenvalue weighted by Gasteiger charge is -2.04. The van der Waals surface area contributed by atoms with E-state index in [2.05, 4.69) is 16.6 Å². The predicted octanol–water partition coefficient (Wildman–Crippen LogP) is 1.35. The van der Waals surface area contributed by atoms with Gasteiger partial charge in [0.05, 0.1) is 4.53 Å². The fraction of sp³-hybridized carbons (Fsp3) is 0.286. The van der Waals surface area contributed by atoms with Crippen molar-refractivity contribution in [3.63, 3.8) is 0 Å². The molecule has 0 atom stereocenters. The lowest BCUT2D eigenvalue weighted by atomic mass is 10.2. The second-order valence-corrected chi connectivity index (χ2v) is 7.19. The minimum Gasteiger partial charge on any atom is -0.435 e. The van der Waals surface area contributed by atoms with Crippen LogP contribution in [0.1, 0.15) is 12.0 Å². The number of alkyl halides is 2. The smallest absolute Gasteiger partial charge is 0.387 e. The second kappa shape index (κ2) is 11.8. The Kier molecular flexibility index (Phi) is 9.12. The number of nitriles is 1. The molecule has 7 nitrogen and oxygen atoms in total. The van der Waals surface area contributed by atoms with Gasteiger partial charge >= 0.3 is 6.61 Å². The van der Waals surface area contributed by atoms with Crippen molar-refractivity contribution >= 4 is 28.9 Å². The van der Waals surface area contributed by atoms with E-state index in [4.69, 9.17) is 4.74 Å². The van der Waals surface area contributed by atoms with Crippen LogP contribution < -0.4 is 24.8 Å². The topological polar surface area (TPSA) is 93.4 Å². The Labute approximate surface area is 181 Å². The van der Waals surface area contributed by atoms with E-state index in [1.807, 2.05) is 6.07 Å². The summed E-state index contributed by atoms with van der Waals surface area (Å²) in [4.78, 5) is 25.3. The molecule has 1 amide bonds. The maximum Gasteiger partial charge on any atom is 0.387 e. The van der Waals surface area contributed by atoms with E-state index in [0.717, 1.165) is 11.3 Å². The molecule has 2 aromatic rings. The maximum absolute atomic E-state index is 12.8. The first-order valence-corrected chi connectivity index (χ1v) is 10.0. The normalized spacial score (nSPS) is 12.4. The van der Waals surface area contributed by atoms with Gasteiger partial charge < -0.3 is 14.8 Å². The molecule has 2 rings (SSSR count). The first-order chi connectivity index (χ1) is 14.9. The van der Waals surface area contributed by atoms with Gasteiger partial charge in [-0.2, -0.15) is 14.0 Å². The lowest BCUT2D eigenvalue weighted by Crippen LogP contribution is -2.35. The molecule has 0 aliphatic rings. The van der Waals surface area contributed by atoms with E-state index in [1.165, 1.54) is 34.9 Å². The molecule has 0 unspecified atom stereocenters. The highest BCUT2D eigenvalue weighted by molar-refractivity contribution is 7.07. The zero-order valence-electron chi connectivity index (χ0n) is 16.8. The molecule has 0 aliphatic heterocycles. The Balaban J connectivity index is 2.49. The summed E-state index contributed by atoms with van der Waals surface area (Å²) < 4.78 is 35.6. The first kappa shape index (κ1) is 24.0. The number of benzene rings is 1. The van der Waals surface area contributed by atoms with Crippen molar-refractivity contribution in [2.75, 3.05) is 20.3 Å². The molecular weight excluding hydrogens is 428 g/mol. The van der Waals surface area contributed by atoms with Crippen LogP contribution in [-0.2, 0) is 16.1 Å². The molecule has 1 N–H and O–H groups in total. The van der Waals surface area contributed by atoms with Gasteiger partial charge in [0.1, 0.15) is 16.5 Å². The number of thiazole rings is 1. The van der Waals surface area contributed by atoms with Crippen molar-refractivity contribution in [1.29, 1.82) is 5.26 Å². The monoisotopic (exact) mass is 449 g/mol. The third-order valence-electron chi connectivity index (χ3n) is 3.99. The summed E-state index contributed by atoms with van der Waals surface area (Å²) in [6.07, 6.45) is 3.62. The molecule has 0 saturated heterocycles. The fourth-order valence-corrected chi connectivity index (χ4v) is 3.71. The van der Waals surface area contributed by atoms with Crippen molar-refractivity contribution in [3.05, 3.63) is 62.0 Å². The SMILES string of the molecule is C=CCn1c(=O)/c(=C/c2ccc(OC(F)F)cc2)s/c1=C(\C#N)C(=O)NCCCOC. The quantitative estimate of drug-likeness (QED) is 0.437. The Hall–Kier alpha value is -3.29. The van der Waals surface area contributed by atoms with E-state index in [-0.39, 0.29) is 27.1 Å². The van der Waals surface area contributed by atoms with Gasteiger partial charge in [-0.15, -0.1) is 17.9 Å². The number of halogens is 2. The van der Waals surface area contributed by atoms with Crippen LogP contribution in [0.15, 0.2) is 41.7 Å². The average molecular weight is 449 g/mol. The van der Waals surface area contributed by atoms with Crippen LogP contribution in [0.5, 0.6) is 5.75 Å². The molecule has 0 radical (unpaired) electrons. The number of aromatic nitrogens is 1. The van der Waals surface area contributed by atoms with Crippen molar-refractivity contribution in [2.45, 2.75) is 19.6 Å². The fourth-order valence-electron chi connectivity index (χ4n) is 2.60. The molecule has 0 bridgehead atoms. The third kappa shape index (κ3) is 6.60. The van der Waals surface area contributed by atoms with Gasteiger partial charge in [-0.25, -0.2) is 0 Å². The molecule has 31 heavy (non-hydrogen) atoms. The standard InChI is InChI=1S/C21H21F2N3O4S/c1-3-10-26-19(28)17(12-14-5-7-15(8-6-14)30-21(22)23)31-20(26)16(13-24)18(27)25-9-4-11-29-2/h3,5-8,12,21H,1,4,9-11H2,2H3,(H,25,27)/b17-12-,20-16+. The lowest BCUT2D eigenvalue weighted by molar-refractivity contribution is -0.115. The Morgan fingerprint density at radius 2 is 2.10 bits per heavy atom. The van der Waals surface area contributed by atoms with E-state index in [9.17, 15) is 23.6 Å². The Morgan fingerprint density at radius 1 is 1.39 bits per heavy atom. The number of amides is 1. The van der Waals surface area contributed by atoms with E-state index < -0.39 is 18.1 Å². The summed E-state index contributed by atoms with van der Waals surface area (Å²) >= 11 is 0.991. The van der Waals surface area contributed by atoms with Gasteiger partial charge in [-0.1, -0.05) is 18.2 Å². The van der Waals surface area contributed by atoms with Crippen LogP contribution in [0.25, 0.3) is 11.6 Å². The van der Waals surface area contributed by atoms with E-state index in [0.29, 0.717) is 25.1 Å². The summed E-state index contributed by atoms with van der Waals surface area (Å²) in [5.74, 6) is -0.592. The highest BCUT2D eigenvalue weighted by Crippen LogP contribution is 2.15. The molecule has 0 saturated carbocycles. The first-order valence-electron chi connectivity index (χ1n) is 9.20. The largest absolute Gasteiger partial charge is 0.435 e. The van der Waals surface area contributed by atoms with Crippen molar-refractivity contribution < 1.29 is 23.0 Å². The number of rotatable bonds is 10. The van der Waals surface area contributed by atoms with E-state index in [1.54, 1.807) is 13.2 Å². The molecule has 164 valence electrons. The third-order valence-corrected chi connectivity index (χ3v) is 5.12. The van der Waals surface area contributed by atoms with Crippen molar-refractivity contribution in [3.8, 4) is 11.8 Å². The molecule has 10 heteroatoms. The molecule has 1 heterocycles. The zero-order chi connectivity index (χ0) is 22.8. The Morgan fingerprint density at radius 3 is 2.68 bits per heavy atom. The van der Waals surface area contributed by atoms with Crippen LogP contribution in [-0.4, -0.2) is 37.3 Å². The van der Waals surface area contributed by atoms with Gasteiger partial charge in [0.15, 0.2) is 5.57 Å². The number of hydrogen-bond donors (Lipinski definition) is 1. The highest BCUT2D eigenvalue weighted by Gasteiger charge is 2.15. The minimum absolute atomic E-state index is 0.00617. The zero-order valence-corrected chi connectivity index (χ0v) is 17.6. The molecule has 0 aliphatic carbocycles. The van der Waals surface area contributed by atoms with Crippen molar-refractivity contribution in [2.24, 2.45) is 0 Å². The van der Waals surface area contributed by atoms with Crippen LogP contribution in [0.3, 0.4) is 0 Å². The summed E-state index contributed by atoms with van der Waals surface area (Å²) in [5.41, 5.74) is -0.00534. The number of allylic oxidation sites excluding steroid dienone is 1. The van der Waals surface area contributed by atoms with Gasteiger partial charge in [0.25, 0.3) is 11.5 Å².